The largest absolute Gasteiger partial charge is 0.392 e. The lowest BCUT2D eigenvalue weighted by Gasteiger charge is -2.32. The molecule has 2 rings (SSSR count). The third-order valence-corrected chi connectivity index (χ3v) is 3.27. The van der Waals surface area contributed by atoms with Crippen molar-refractivity contribution in [1.82, 2.24) is 10.2 Å². The Bertz CT molecular complexity index is 351. The molecule has 1 aliphatic rings. The smallest absolute Gasteiger partial charge is 0.0826 e. The molecule has 0 spiro atoms. The Morgan fingerprint density at radius 2 is 2.06 bits per heavy atom. The van der Waals surface area contributed by atoms with E-state index in [1.165, 1.54) is 5.56 Å². The number of morpholine rings is 1. The van der Waals surface area contributed by atoms with E-state index in [2.05, 4.69) is 22.3 Å². The lowest BCUT2D eigenvalue weighted by atomic mass is 10.1. The van der Waals surface area contributed by atoms with Crippen LogP contribution in [-0.2, 0) is 17.9 Å². The SMILES string of the molecule is CNCC1CN(Cc2ccc(CO)cc2)CCO1. The van der Waals surface area contributed by atoms with Crippen molar-refractivity contribution in [3.05, 3.63) is 35.4 Å². The Morgan fingerprint density at radius 3 is 2.72 bits per heavy atom. The van der Waals surface area contributed by atoms with Gasteiger partial charge in [0.05, 0.1) is 19.3 Å². The third-order valence-electron chi connectivity index (χ3n) is 3.27. The second-order valence-electron chi connectivity index (χ2n) is 4.76. The molecule has 1 atom stereocenters. The van der Waals surface area contributed by atoms with Crippen molar-refractivity contribution in [2.75, 3.05) is 33.3 Å². The van der Waals surface area contributed by atoms with Gasteiger partial charge in [-0.3, -0.25) is 4.90 Å². The summed E-state index contributed by atoms with van der Waals surface area (Å²) in [4.78, 5) is 2.42. The molecular weight excluding hydrogens is 228 g/mol. The number of rotatable bonds is 5. The van der Waals surface area contributed by atoms with Crippen LogP contribution in [0.25, 0.3) is 0 Å². The van der Waals surface area contributed by atoms with Gasteiger partial charge in [-0.2, -0.15) is 0 Å². The number of aliphatic hydroxyl groups is 1. The van der Waals surface area contributed by atoms with Gasteiger partial charge < -0.3 is 15.2 Å². The van der Waals surface area contributed by atoms with Crippen LogP contribution in [0.4, 0.5) is 0 Å². The summed E-state index contributed by atoms with van der Waals surface area (Å²) >= 11 is 0. The second-order valence-corrected chi connectivity index (χ2v) is 4.76. The fourth-order valence-corrected chi connectivity index (χ4v) is 2.28. The van der Waals surface area contributed by atoms with Crippen LogP contribution in [0.15, 0.2) is 24.3 Å². The van der Waals surface area contributed by atoms with Gasteiger partial charge in [0.2, 0.25) is 0 Å². The van der Waals surface area contributed by atoms with E-state index in [0.717, 1.165) is 38.3 Å². The molecule has 0 saturated carbocycles. The molecule has 1 aromatic carbocycles. The van der Waals surface area contributed by atoms with E-state index in [1.807, 2.05) is 19.2 Å². The Hall–Kier alpha value is -0.940. The summed E-state index contributed by atoms with van der Waals surface area (Å²) in [5, 5.41) is 12.2. The zero-order valence-electron chi connectivity index (χ0n) is 10.9. The molecule has 4 heteroatoms. The summed E-state index contributed by atoms with van der Waals surface area (Å²) in [6.07, 6.45) is 0.292. The lowest BCUT2D eigenvalue weighted by Crippen LogP contribution is -2.45. The molecule has 2 N–H and O–H groups in total. The van der Waals surface area contributed by atoms with Crippen LogP contribution in [0, 0.1) is 0 Å². The van der Waals surface area contributed by atoms with Crippen molar-refractivity contribution in [3.63, 3.8) is 0 Å². The molecule has 0 aromatic heterocycles. The highest BCUT2D eigenvalue weighted by Crippen LogP contribution is 2.11. The molecular formula is C14H22N2O2. The summed E-state index contributed by atoms with van der Waals surface area (Å²) in [5.41, 5.74) is 2.26. The normalized spacial score (nSPS) is 21.1. The molecule has 0 bridgehead atoms. The quantitative estimate of drug-likeness (QED) is 0.803. The standard InChI is InChI=1S/C14H22N2O2/c1-15-8-14-10-16(6-7-18-14)9-12-2-4-13(11-17)5-3-12/h2-5,14-15,17H,6-11H2,1H3. The molecule has 100 valence electrons. The summed E-state index contributed by atoms with van der Waals surface area (Å²) in [5.74, 6) is 0. The zero-order chi connectivity index (χ0) is 12.8. The maximum absolute atomic E-state index is 9.01. The van der Waals surface area contributed by atoms with Gasteiger partial charge >= 0.3 is 0 Å². The number of aliphatic hydroxyl groups excluding tert-OH is 1. The van der Waals surface area contributed by atoms with Crippen molar-refractivity contribution in [3.8, 4) is 0 Å². The Morgan fingerprint density at radius 1 is 1.33 bits per heavy atom. The van der Waals surface area contributed by atoms with Crippen LogP contribution in [0.3, 0.4) is 0 Å². The van der Waals surface area contributed by atoms with Crippen LogP contribution >= 0.6 is 0 Å². The number of ether oxygens (including phenoxy) is 1. The minimum Gasteiger partial charge on any atom is -0.392 e. The average Bonchev–Trinajstić information content (AvgIpc) is 2.40. The number of nitrogens with zero attached hydrogens (tertiary/aromatic N) is 1. The van der Waals surface area contributed by atoms with Gasteiger partial charge in [0.25, 0.3) is 0 Å². The summed E-state index contributed by atoms with van der Waals surface area (Å²) in [7, 11) is 1.95. The molecule has 0 aliphatic carbocycles. The second kappa shape index (κ2) is 6.85. The Balaban J connectivity index is 1.87. The van der Waals surface area contributed by atoms with Gasteiger partial charge in [0.15, 0.2) is 0 Å². The zero-order valence-corrected chi connectivity index (χ0v) is 10.9. The minimum atomic E-state index is 0.113. The average molecular weight is 250 g/mol. The van der Waals surface area contributed by atoms with Gasteiger partial charge in [-0.25, -0.2) is 0 Å². The van der Waals surface area contributed by atoms with Crippen molar-refractivity contribution in [1.29, 1.82) is 0 Å². The first-order valence-electron chi connectivity index (χ1n) is 6.49. The van der Waals surface area contributed by atoms with Crippen LogP contribution in [0.5, 0.6) is 0 Å². The highest BCUT2D eigenvalue weighted by Gasteiger charge is 2.19. The highest BCUT2D eigenvalue weighted by molar-refractivity contribution is 5.21. The third kappa shape index (κ3) is 3.78. The van der Waals surface area contributed by atoms with Crippen molar-refractivity contribution in [2.24, 2.45) is 0 Å². The fraction of sp³-hybridized carbons (Fsp3) is 0.571. The summed E-state index contributed by atoms with van der Waals surface area (Å²) < 4.78 is 5.69. The number of likely N-dealkylation sites (N-methyl/N-ethyl adjacent to an activating group) is 1. The van der Waals surface area contributed by atoms with E-state index in [1.54, 1.807) is 0 Å². The first-order chi connectivity index (χ1) is 8.81. The first kappa shape index (κ1) is 13.5. The molecule has 4 nitrogen and oxygen atoms in total. The molecule has 18 heavy (non-hydrogen) atoms. The van der Waals surface area contributed by atoms with E-state index in [9.17, 15) is 0 Å². The summed E-state index contributed by atoms with van der Waals surface area (Å²) in [6.45, 7) is 4.74. The van der Waals surface area contributed by atoms with E-state index >= 15 is 0 Å². The van der Waals surface area contributed by atoms with E-state index < -0.39 is 0 Å². The van der Waals surface area contributed by atoms with Crippen LogP contribution < -0.4 is 5.32 Å². The molecule has 1 aliphatic heterocycles. The number of hydrogen-bond donors (Lipinski definition) is 2. The highest BCUT2D eigenvalue weighted by atomic mass is 16.5. The molecule has 1 saturated heterocycles. The van der Waals surface area contributed by atoms with Crippen LogP contribution in [0.2, 0.25) is 0 Å². The molecule has 0 radical (unpaired) electrons. The predicted molar refractivity (Wildman–Crippen MR) is 71.3 cm³/mol. The van der Waals surface area contributed by atoms with Crippen LogP contribution in [0.1, 0.15) is 11.1 Å². The predicted octanol–water partition coefficient (Wildman–Crippen LogP) is 0.599. The van der Waals surface area contributed by atoms with Gasteiger partial charge in [0.1, 0.15) is 0 Å². The minimum absolute atomic E-state index is 0.113. The molecule has 1 heterocycles. The number of hydrogen-bond acceptors (Lipinski definition) is 4. The maximum Gasteiger partial charge on any atom is 0.0826 e. The Kier molecular flexibility index (Phi) is 5.13. The van der Waals surface area contributed by atoms with E-state index in [4.69, 9.17) is 9.84 Å². The molecule has 1 fully saturated rings. The first-order valence-corrected chi connectivity index (χ1v) is 6.49. The van der Waals surface area contributed by atoms with E-state index in [0.29, 0.717) is 6.10 Å². The maximum atomic E-state index is 9.01. The Labute approximate surface area is 109 Å². The monoisotopic (exact) mass is 250 g/mol. The van der Waals surface area contributed by atoms with Gasteiger partial charge in [-0.05, 0) is 18.2 Å². The summed E-state index contributed by atoms with van der Waals surface area (Å²) in [6, 6.07) is 8.16. The number of nitrogens with one attached hydrogen (secondary N) is 1. The van der Waals surface area contributed by atoms with E-state index in [-0.39, 0.29) is 6.61 Å². The van der Waals surface area contributed by atoms with Crippen molar-refractivity contribution < 1.29 is 9.84 Å². The van der Waals surface area contributed by atoms with Crippen molar-refractivity contribution in [2.45, 2.75) is 19.3 Å². The van der Waals surface area contributed by atoms with Gasteiger partial charge in [0, 0.05) is 26.2 Å². The van der Waals surface area contributed by atoms with Gasteiger partial charge in [-0.1, -0.05) is 24.3 Å². The fourth-order valence-electron chi connectivity index (χ4n) is 2.28. The van der Waals surface area contributed by atoms with Crippen molar-refractivity contribution >= 4 is 0 Å². The molecule has 0 amide bonds. The topological polar surface area (TPSA) is 44.7 Å². The molecule has 1 aromatic rings. The van der Waals surface area contributed by atoms with Crippen LogP contribution in [-0.4, -0.2) is 49.4 Å². The number of benzene rings is 1. The van der Waals surface area contributed by atoms with Gasteiger partial charge in [-0.15, -0.1) is 0 Å². The lowest BCUT2D eigenvalue weighted by molar-refractivity contribution is -0.0291. The molecule has 1 unspecified atom stereocenters.